The van der Waals surface area contributed by atoms with E-state index in [1.54, 1.807) is 6.20 Å². The van der Waals surface area contributed by atoms with Crippen molar-refractivity contribution in [1.29, 1.82) is 0 Å². The molecule has 1 aromatic carbocycles. The van der Waals surface area contributed by atoms with Gasteiger partial charge in [0.15, 0.2) is 12.3 Å². The van der Waals surface area contributed by atoms with E-state index in [-0.39, 0.29) is 0 Å². The van der Waals surface area contributed by atoms with Gasteiger partial charge in [0.2, 0.25) is 12.0 Å². The van der Waals surface area contributed by atoms with E-state index in [9.17, 15) is 0 Å². The standard InChI is InChI=1S/C16H17N2O2/c1-3-12-11-13(15-8-10-18(4-2)20-15)5-6-14(12)16-7-9-17-19-16/h5-11H,3-4H2,1-2H3/q+1. The Morgan fingerprint density at radius 1 is 1.10 bits per heavy atom. The molecule has 0 bridgehead atoms. The Kier molecular flexibility index (Phi) is 3.37. The van der Waals surface area contributed by atoms with E-state index < -0.39 is 0 Å². The van der Waals surface area contributed by atoms with Crippen LogP contribution >= 0.6 is 0 Å². The van der Waals surface area contributed by atoms with Crippen molar-refractivity contribution in [3.63, 3.8) is 0 Å². The average molecular weight is 269 g/mol. The summed E-state index contributed by atoms with van der Waals surface area (Å²) >= 11 is 0. The molecule has 0 N–H and O–H groups in total. The highest BCUT2D eigenvalue weighted by atomic mass is 16.5. The summed E-state index contributed by atoms with van der Waals surface area (Å²) in [6, 6.07) is 10.1. The van der Waals surface area contributed by atoms with Crippen LogP contribution in [0.1, 0.15) is 19.4 Å². The lowest BCUT2D eigenvalue weighted by molar-refractivity contribution is -0.860. The summed E-state index contributed by atoms with van der Waals surface area (Å²) in [5.74, 6) is 1.68. The van der Waals surface area contributed by atoms with Crippen LogP contribution in [-0.2, 0) is 13.0 Å². The van der Waals surface area contributed by atoms with Crippen LogP contribution in [0.5, 0.6) is 0 Å². The molecule has 0 aliphatic carbocycles. The zero-order valence-corrected chi connectivity index (χ0v) is 11.7. The van der Waals surface area contributed by atoms with Crippen LogP contribution < -0.4 is 4.74 Å². The second-order valence-electron chi connectivity index (χ2n) is 4.61. The number of aryl methyl sites for hydroxylation is 2. The van der Waals surface area contributed by atoms with Gasteiger partial charge in [-0.25, -0.2) is 4.52 Å². The molecular formula is C16H17N2O2+. The third-order valence-corrected chi connectivity index (χ3v) is 3.39. The minimum atomic E-state index is 0.802. The van der Waals surface area contributed by atoms with Crippen molar-refractivity contribution in [2.45, 2.75) is 26.8 Å². The van der Waals surface area contributed by atoms with Gasteiger partial charge in [-0.2, -0.15) is 0 Å². The number of rotatable bonds is 4. The number of hydrogen-bond donors (Lipinski definition) is 0. The Hall–Kier alpha value is -2.36. The van der Waals surface area contributed by atoms with E-state index in [0.29, 0.717) is 0 Å². The highest BCUT2D eigenvalue weighted by Gasteiger charge is 2.13. The van der Waals surface area contributed by atoms with Gasteiger partial charge in [0.1, 0.15) is 0 Å². The Bertz CT molecular complexity index is 699. The normalized spacial score (nSPS) is 10.9. The first-order valence-corrected chi connectivity index (χ1v) is 6.86. The van der Waals surface area contributed by atoms with Crippen LogP contribution in [0.15, 0.2) is 51.8 Å². The molecule has 0 aliphatic rings. The van der Waals surface area contributed by atoms with Gasteiger partial charge in [-0.15, -0.1) is 0 Å². The lowest BCUT2D eigenvalue weighted by Gasteiger charge is -2.05. The van der Waals surface area contributed by atoms with Crippen LogP contribution in [0.4, 0.5) is 0 Å². The lowest BCUT2D eigenvalue weighted by Crippen LogP contribution is -2.27. The second kappa shape index (κ2) is 5.33. The zero-order chi connectivity index (χ0) is 13.9. The van der Waals surface area contributed by atoms with Crippen molar-refractivity contribution in [2.75, 3.05) is 0 Å². The SMILES string of the molecule is CCc1cc(-c2cc[n+](CC)o2)ccc1-c1ccno1. The molecule has 3 aromatic rings. The van der Waals surface area contributed by atoms with E-state index in [2.05, 4.69) is 37.2 Å². The van der Waals surface area contributed by atoms with Gasteiger partial charge in [-0.05, 0) is 29.7 Å². The molecule has 20 heavy (non-hydrogen) atoms. The Morgan fingerprint density at radius 3 is 2.65 bits per heavy atom. The maximum absolute atomic E-state index is 5.73. The van der Waals surface area contributed by atoms with Gasteiger partial charge in [0, 0.05) is 17.2 Å². The van der Waals surface area contributed by atoms with E-state index in [1.165, 1.54) is 5.56 Å². The van der Waals surface area contributed by atoms with E-state index in [4.69, 9.17) is 9.05 Å². The first-order chi connectivity index (χ1) is 9.81. The fourth-order valence-electron chi connectivity index (χ4n) is 2.29. The summed E-state index contributed by atoms with van der Waals surface area (Å²) < 4.78 is 12.8. The molecule has 4 heteroatoms. The summed E-state index contributed by atoms with van der Waals surface area (Å²) in [5.41, 5.74) is 3.39. The Balaban J connectivity index is 2.03. The highest BCUT2D eigenvalue weighted by Crippen LogP contribution is 2.28. The van der Waals surface area contributed by atoms with E-state index in [1.807, 2.05) is 23.1 Å². The minimum Gasteiger partial charge on any atom is -0.356 e. The topological polar surface area (TPSA) is 43.0 Å². The summed E-state index contributed by atoms with van der Waals surface area (Å²) in [7, 11) is 0. The van der Waals surface area contributed by atoms with E-state index in [0.717, 1.165) is 35.6 Å². The molecule has 102 valence electrons. The van der Waals surface area contributed by atoms with Gasteiger partial charge in [-0.3, -0.25) is 0 Å². The number of nitrogens with zero attached hydrogens (tertiary/aromatic N) is 2. The predicted molar refractivity (Wildman–Crippen MR) is 74.9 cm³/mol. The summed E-state index contributed by atoms with van der Waals surface area (Å²) in [6.45, 7) is 5.02. The van der Waals surface area contributed by atoms with Crippen molar-refractivity contribution >= 4 is 0 Å². The third kappa shape index (κ3) is 2.25. The Labute approximate surface area is 117 Å². The first-order valence-electron chi connectivity index (χ1n) is 6.86. The first kappa shape index (κ1) is 12.7. The van der Waals surface area contributed by atoms with Crippen LogP contribution in [0.25, 0.3) is 22.6 Å². The molecule has 2 aromatic heterocycles. The van der Waals surface area contributed by atoms with E-state index >= 15 is 0 Å². The highest BCUT2D eigenvalue weighted by molar-refractivity contribution is 5.68. The smallest absolute Gasteiger partial charge is 0.220 e. The lowest BCUT2D eigenvalue weighted by atomic mass is 9.99. The number of aromatic nitrogens is 2. The minimum absolute atomic E-state index is 0.802. The van der Waals surface area contributed by atoms with Gasteiger partial charge in [-0.1, -0.05) is 24.2 Å². The summed E-state index contributed by atoms with van der Waals surface area (Å²) in [6.07, 6.45) is 4.54. The molecule has 0 aliphatic heterocycles. The molecule has 4 nitrogen and oxygen atoms in total. The van der Waals surface area contributed by atoms with Crippen LogP contribution in [0.3, 0.4) is 0 Å². The van der Waals surface area contributed by atoms with Crippen molar-refractivity contribution in [2.24, 2.45) is 0 Å². The van der Waals surface area contributed by atoms with Gasteiger partial charge < -0.3 is 4.52 Å². The largest absolute Gasteiger partial charge is 0.356 e. The maximum Gasteiger partial charge on any atom is 0.220 e. The average Bonchev–Trinajstić information content (AvgIpc) is 3.17. The molecule has 0 saturated heterocycles. The predicted octanol–water partition coefficient (Wildman–Crippen LogP) is 3.47. The van der Waals surface area contributed by atoms with Gasteiger partial charge >= 0.3 is 0 Å². The van der Waals surface area contributed by atoms with Crippen molar-refractivity contribution in [1.82, 2.24) is 5.16 Å². The molecule has 0 spiro atoms. The van der Waals surface area contributed by atoms with Gasteiger partial charge in [0.05, 0.1) is 12.3 Å². The quantitative estimate of drug-likeness (QED) is 0.681. The Morgan fingerprint density at radius 2 is 2.00 bits per heavy atom. The van der Waals surface area contributed by atoms with Crippen LogP contribution in [0, 0.1) is 0 Å². The maximum atomic E-state index is 5.73. The summed E-state index contributed by atoms with van der Waals surface area (Å²) in [4.78, 5) is 0. The van der Waals surface area contributed by atoms with Crippen molar-refractivity contribution < 1.29 is 13.8 Å². The third-order valence-electron chi connectivity index (χ3n) is 3.39. The van der Waals surface area contributed by atoms with Crippen LogP contribution in [-0.4, -0.2) is 5.16 Å². The molecule has 3 rings (SSSR count). The molecule has 0 unspecified atom stereocenters. The number of benzene rings is 1. The molecular weight excluding hydrogens is 252 g/mol. The van der Waals surface area contributed by atoms with Gasteiger partial charge in [0.25, 0.3) is 0 Å². The van der Waals surface area contributed by atoms with Crippen LogP contribution in [0.2, 0.25) is 0 Å². The molecule has 0 atom stereocenters. The molecule has 0 fully saturated rings. The zero-order valence-electron chi connectivity index (χ0n) is 11.7. The monoisotopic (exact) mass is 269 g/mol. The molecule has 0 amide bonds. The van der Waals surface area contributed by atoms with Crippen molar-refractivity contribution in [3.05, 3.63) is 48.3 Å². The summed E-state index contributed by atoms with van der Waals surface area (Å²) in [5, 5.41) is 3.77. The molecule has 2 heterocycles. The fourth-order valence-corrected chi connectivity index (χ4v) is 2.29. The second-order valence-corrected chi connectivity index (χ2v) is 4.61. The fraction of sp³-hybridized carbons (Fsp3) is 0.250. The number of hydrogen-bond acceptors (Lipinski definition) is 3. The molecule has 0 saturated carbocycles. The molecule has 0 radical (unpaired) electrons. The van der Waals surface area contributed by atoms with Crippen molar-refractivity contribution in [3.8, 4) is 22.6 Å².